The second kappa shape index (κ2) is 10.6. The molecule has 1 heterocycles. The smallest absolute Gasteiger partial charge is 0.254 e. The molecule has 1 saturated heterocycles. The summed E-state index contributed by atoms with van der Waals surface area (Å²) in [6.07, 6.45) is 1.83. The minimum absolute atomic E-state index is 0. The topological polar surface area (TPSA) is 59.6 Å². The number of hydrogen-bond acceptors (Lipinski definition) is 4. The lowest BCUT2D eigenvalue weighted by Crippen LogP contribution is -2.47. The number of methoxy groups -OCH3 is 2. The zero-order chi connectivity index (χ0) is 20.0. The second-order valence-electron chi connectivity index (χ2n) is 7.29. The zero-order valence-corrected chi connectivity index (χ0v) is 17.6. The maximum Gasteiger partial charge on any atom is 0.254 e. The third-order valence-corrected chi connectivity index (χ3v) is 5.38. The van der Waals surface area contributed by atoms with E-state index in [1.165, 1.54) is 12.1 Å². The predicted molar refractivity (Wildman–Crippen MR) is 114 cm³/mol. The van der Waals surface area contributed by atoms with Gasteiger partial charge in [-0.1, -0.05) is 18.2 Å². The Labute approximate surface area is 177 Å². The van der Waals surface area contributed by atoms with Gasteiger partial charge in [-0.25, -0.2) is 4.39 Å². The van der Waals surface area contributed by atoms with Gasteiger partial charge >= 0.3 is 0 Å². The van der Waals surface area contributed by atoms with Crippen molar-refractivity contribution in [1.29, 1.82) is 0 Å². The van der Waals surface area contributed by atoms with E-state index in [4.69, 9.17) is 9.47 Å². The van der Waals surface area contributed by atoms with Crippen molar-refractivity contribution in [3.63, 3.8) is 0 Å². The minimum atomic E-state index is -0.531. The van der Waals surface area contributed by atoms with Crippen LogP contribution >= 0.6 is 12.4 Å². The summed E-state index contributed by atoms with van der Waals surface area (Å²) in [6, 6.07) is 12.1. The van der Waals surface area contributed by atoms with Gasteiger partial charge in [-0.05, 0) is 61.3 Å². The Morgan fingerprint density at radius 3 is 2.34 bits per heavy atom. The van der Waals surface area contributed by atoms with Gasteiger partial charge in [0.15, 0.2) is 0 Å². The molecular weight excluding hydrogens is 395 g/mol. The number of carbonyl (C=O) groups is 1. The third kappa shape index (κ3) is 5.69. The highest BCUT2D eigenvalue weighted by Gasteiger charge is 2.32. The predicted octanol–water partition coefficient (Wildman–Crippen LogP) is 3.67. The Morgan fingerprint density at radius 2 is 1.76 bits per heavy atom. The maximum absolute atomic E-state index is 14.6. The molecule has 158 valence electrons. The van der Waals surface area contributed by atoms with Gasteiger partial charge in [-0.15, -0.1) is 12.4 Å². The van der Waals surface area contributed by atoms with Crippen LogP contribution in [0, 0.1) is 11.2 Å². The Hall–Kier alpha value is -2.15. The average molecular weight is 423 g/mol. The summed E-state index contributed by atoms with van der Waals surface area (Å²) in [5.41, 5.74) is 1.53. The molecule has 0 aliphatic carbocycles. The lowest BCUT2D eigenvalue weighted by Gasteiger charge is -2.37. The average Bonchev–Trinajstić information content (AvgIpc) is 2.73. The molecule has 0 aromatic heterocycles. The Bertz CT molecular complexity index is 803. The van der Waals surface area contributed by atoms with E-state index in [1.807, 2.05) is 24.3 Å². The fraction of sp³-hybridized carbons (Fsp3) is 0.409. The van der Waals surface area contributed by atoms with E-state index in [1.54, 1.807) is 20.3 Å². The van der Waals surface area contributed by atoms with Crippen molar-refractivity contribution in [2.45, 2.75) is 12.8 Å². The van der Waals surface area contributed by atoms with Crippen molar-refractivity contribution in [1.82, 2.24) is 10.6 Å². The lowest BCUT2D eigenvalue weighted by atomic mass is 9.79. The molecule has 0 spiro atoms. The summed E-state index contributed by atoms with van der Waals surface area (Å²) in [5, 5.41) is 6.23. The van der Waals surface area contributed by atoms with Crippen LogP contribution < -0.4 is 15.4 Å². The second-order valence-corrected chi connectivity index (χ2v) is 7.29. The van der Waals surface area contributed by atoms with Gasteiger partial charge < -0.3 is 20.1 Å². The van der Waals surface area contributed by atoms with Crippen LogP contribution in [0.1, 0.15) is 23.2 Å². The zero-order valence-electron chi connectivity index (χ0n) is 16.8. The molecule has 2 aromatic rings. The molecule has 2 aromatic carbocycles. The Morgan fingerprint density at radius 1 is 1.10 bits per heavy atom. The Kier molecular flexibility index (Phi) is 8.44. The molecule has 0 radical (unpaired) electrons. The van der Waals surface area contributed by atoms with E-state index < -0.39 is 11.7 Å². The van der Waals surface area contributed by atoms with Gasteiger partial charge in [0.05, 0.1) is 19.3 Å². The molecule has 1 fully saturated rings. The highest BCUT2D eigenvalue weighted by Crippen LogP contribution is 2.29. The van der Waals surface area contributed by atoms with E-state index in [0.717, 1.165) is 37.2 Å². The SMILES string of the molecule is COCC1(CNC(=O)c2ccc(-c3ccc(OC)cc3)cc2F)CCNCC1.Cl. The van der Waals surface area contributed by atoms with Gasteiger partial charge in [0.1, 0.15) is 11.6 Å². The molecule has 5 nitrogen and oxygen atoms in total. The van der Waals surface area contributed by atoms with Gasteiger partial charge in [0.25, 0.3) is 5.91 Å². The van der Waals surface area contributed by atoms with Gasteiger partial charge in [0.2, 0.25) is 0 Å². The van der Waals surface area contributed by atoms with Crippen LogP contribution in [-0.2, 0) is 4.74 Å². The van der Waals surface area contributed by atoms with Gasteiger partial charge in [0, 0.05) is 19.1 Å². The van der Waals surface area contributed by atoms with Crippen molar-refractivity contribution < 1.29 is 18.7 Å². The van der Waals surface area contributed by atoms with E-state index in [9.17, 15) is 9.18 Å². The van der Waals surface area contributed by atoms with Crippen LogP contribution in [0.15, 0.2) is 42.5 Å². The van der Waals surface area contributed by atoms with Crippen molar-refractivity contribution in [3.8, 4) is 16.9 Å². The number of piperidine rings is 1. The lowest BCUT2D eigenvalue weighted by molar-refractivity contribution is 0.0511. The van der Waals surface area contributed by atoms with Crippen molar-refractivity contribution >= 4 is 18.3 Å². The number of amides is 1. The molecule has 0 unspecified atom stereocenters. The highest BCUT2D eigenvalue weighted by molar-refractivity contribution is 5.95. The van der Waals surface area contributed by atoms with Crippen molar-refractivity contribution in [3.05, 3.63) is 53.8 Å². The van der Waals surface area contributed by atoms with E-state index in [-0.39, 0.29) is 23.4 Å². The summed E-state index contributed by atoms with van der Waals surface area (Å²) in [6.45, 7) is 2.84. The van der Waals surface area contributed by atoms with Crippen LogP contribution in [0.4, 0.5) is 4.39 Å². The van der Waals surface area contributed by atoms with Crippen LogP contribution in [-0.4, -0.2) is 46.4 Å². The first-order valence-electron chi connectivity index (χ1n) is 9.49. The molecule has 1 aliphatic rings. The normalized spacial score (nSPS) is 15.3. The molecule has 3 rings (SSSR count). The molecule has 2 N–H and O–H groups in total. The number of benzene rings is 2. The third-order valence-electron chi connectivity index (χ3n) is 5.38. The number of rotatable bonds is 7. The molecule has 1 aliphatic heterocycles. The van der Waals surface area contributed by atoms with Crippen LogP contribution in [0.5, 0.6) is 5.75 Å². The first-order valence-corrected chi connectivity index (χ1v) is 9.49. The number of ether oxygens (including phenoxy) is 2. The first kappa shape index (κ1) is 23.1. The molecule has 7 heteroatoms. The summed E-state index contributed by atoms with van der Waals surface area (Å²) < 4.78 is 25.1. The molecule has 0 saturated carbocycles. The molecular formula is C22H28ClFN2O3. The number of hydrogen-bond donors (Lipinski definition) is 2. The summed E-state index contributed by atoms with van der Waals surface area (Å²) in [7, 11) is 3.27. The van der Waals surface area contributed by atoms with Gasteiger partial charge in [-0.2, -0.15) is 0 Å². The molecule has 29 heavy (non-hydrogen) atoms. The standard InChI is InChI=1S/C22H27FN2O3.ClH/c1-27-15-22(9-11-24-12-10-22)14-25-21(26)19-8-5-17(13-20(19)23)16-3-6-18(28-2)7-4-16;/h3-8,13,24H,9-12,14-15H2,1-2H3,(H,25,26);1H. The first-order chi connectivity index (χ1) is 13.6. The largest absolute Gasteiger partial charge is 0.497 e. The number of halogens is 2. The summed E-state index contributed by atoms with van der Waals surface area (Å²) in [5.74, 6) is -0.187. The monoisotopic (exact) mass is 422 g/mol. The van der Waals surface area contributed by atoms with Crippen LogP contribution in [0.3, 0.4) is 0 Å². The van der Waals surface area contributed by atoms with Crippen LogP contribution in [0.2, 0.25) is 0 Å². The van der Waals surface area contributed by atoms with E-state index in [0.29, 0.717) is 18.7 Å². The molecule has 0 atom stereocenters. The maximum atomic E-state index is 14.6. The Balaban J connectivity index is 0.00000300. The minimum Gasteiger partial charge on any atom is -0.497 e. The number of carbonyl (C=O) groups excluding carboxylic acids is 1. The fourth-order valence-corrected chi connectivity index (χ4v) is 3.66. The van der Waals surface area contributed by atoms with Crippen LogP contribution in [0.25, 0.3) is 11.1 Å². The van der Waals surface area contributed by atoms with Gasteiger partial charge in [-0.3, -0.25) is 4.79 Å². The summed E-state index contributed by atoms with van der Waals surface area (Å²) >= 11 is 0. The molecule has 1 amide bonds. The van der Waals surface area contributed by atoms with Crippen molar-refractivity contribution in [2.75, 3.05) is 40.5 Å². The van der Waals surface area contributed by atoms with Crippen molar-refractivity contribution in [2.24, 2.45) is 5.41 Å². The molecule has 0 bridgehead atoms. The fourth-order valence-electron chi connectivity index (χ4n) is 3.66. The summed E-state index contributed by atoms with van der Waals surface area (Å²) in [4.78, 5) is 12.6. The van der Waals surface area contributed by atoms with E-state index in [2.05, 4.69) is 10.6 Å². The quantitative estimate of drug-likeness (QED) is 0.714. The highest BCUT2D eigenvalue weighted by atomic mass is 35.5. The number of nitrogens with one attached hydrogen (secondary N) is 2. The van der Waals surface area contributed by atoms with E-state index >= 15 is 0 Å².